The van der Waals surface area contributed by atoms with Crippen LogP contribution in [0.15, 0.2) is 61.1 Å². The maximum Gasteiger partial charge on any atom is 0.330 e. The minimum Gasteiger partial charge on any atom is -0.497 e. The number of fused-ring (bicyclic) bond motifs is 1. The van der Waals surface area contributed by atoms with E-state index in [0.717, 1.165) is 16.5 Å². The molecule has 0 saturated carbocycles. The van der Waals surface area contributed by atoms with Crippen LogP contribution in [0.1, 0.15) is 16.1 Å². The molecule has 0 unspecified atom stereocenters. The third-order valence-electron chi connectivity index (χ3n) is 4.42. The zero-order valence-corrected chi connectivity index (χ0v) is 16.3. The number of hydrogen-bond acceptors (Lipinski definition) is 6. The van der Waals surface area contributed by atoms with Gasteiger partial charge < -0.3 is 14.8 Å². The smallest absolute Gasteiger partial charge is 0.330 e. The molecule has 0 saturated heterocycles. The van der Waals surface area contributed by atoms with Gasteiger partial charge in [0.1, 0.15) is 23.5 Å². The number of hydrogen-bond donors (Lipinski definition) is 1. The van der Waals surface area contributed by atoms with Crippen molar-refractivity contribution in [2.24, 2.45) is 0 Å². The van der Waals surface area contributed by atoms with Gasteiger partial charge in [0.25, 0.3) is 0 Å². The number of methoxy groups -OCH3 is 1. The molecule has 0 fully saturated rings. The summed E-state index contributed by atoms with van der Waals surface area (Å²) in [7, 11) is 1.58. The summed E-state index contributed by atoms with van der Waals surface area (Å²) >= 11 is 0. The van der Waals surface area contributed by atoms with Crippen LogP contribution in [-0.4, -0.2) is 34.0 Å². The lowest BCUT2D eigenvalue weighted by molar-refractivity contribution is 0.111. The van der Waals surface area contributed by atoms with Crippen LogP contribution in [0, 0.1) is 6.92 Å². The number of aromatic nitrogens is 3. The van der Waals surface area contributed by atoms with E-state index >= 15 is 0 Å². The molecule has 4 aromatic rings. The van der Waals surface area contributed by atoms with Crippen molar-refractivity contribution in [1.82, 2.24) is 14.5 Å². The first kappa shape index (κ1) is 19.1. The fraction of sp³-hybridized carbons (Fsp3) is 0.0909. The van der Waals surface area contributed by atoms with Crippen molar-refractivity contribution in [1.29, 1.82) is 0 Å². The number of amides is 1. The van der Waals surface area contributed by atoms with Crippen molar-refractivity contribution in [3.63, 3.8) is 0 Å². The Labute approximate surface area is 172 Å². The van der Waals surface area contributed by atoms with Gasteiger partial charge in [0.2, 0.25) is 5.88 Å². The Kier molecular flexibility index (Phi) is 5.13. The number of ether oxygens (including phenoxy) is 2. The zero-order valence-electron chi connectivity index (χ0n) is 16.3. The van der Waals surface area contributed by atoms with Crippen LogP contribution < -0.4 is 14.8 Å². The number of carbonyl (C=O) groups excluding carboxylic acids is 2. The molecule has 0 bridgehead atoms. The van der Waals surface area contributed by atoms with E-state index in [0.29, 0.717) is 23.5 Å². The second-order valence-corrected chi connectivity index (χ2v) is 6.58. The molecule has 0 atom stereocenters. The molecule has 0 aliphatic heterocycles. The Bertz CT molecular complexity index is 1250. The van der Waals surface area contributed by atoms with Crippen LogP contribution in [0.3, 0.4) is 0 Å². The highest BCUT2D eigenvalue weighted by Gasteiger charge is 2.11. The van der Waals surface area contributed by atoms with Crippen LogP contribution in [0.4, 0.5) is 10.5 Å². The van der Waals surface area contributed by atoms with Gasteiger partial charge in [0.05, 0.1) is 12.6 Å². The van der Waals surface area contributed by atoms with Gasteiger partial charge in [-0.1, -0.05) is 0 Å². The van der Waals surface area contributed by atoms with Gasteiger partial charge >= 0.3 is 6.03 Å². The summed E-state index contributed by atoms with van der Waals surface area (Å²) in [5, 5.41) is 3.70. The third kappa shape index (κ3) is 3.97. The van der Waals surface area contributed by atoms with E-state index in [9.17, 15) is 9.59 Å². The maximum absolute atomic E-state index is 12.8. The van der Waals surface area contributed by atoms with Gasteiger partial charge in [0.15, 0.2) is 6.29 Å². The van der Waals surface area contributed by atoms with Crippen LogP contribution in [-0.2, 0) is 0 Å². The van der Waals surface area contributed by atoms with Gasteiger partial charge in [-0.2, -0.15) is 0 Å². The average Bonchev–Trinajstić information content (AvgIpc) is 3.17. The average molecular weight is 402 g/mol. The zero-order chi connectivity index (χ0) is 21.1. The molecule has 1 amide bonds. The number of benzene rings is 2. The second kappa shape index (κ2) is 8.04. The van der Waals surface area contributed by atoms with Crippen molar-refractivity contribution in [3.8, 4) is 17.4 Å². The number of aldehydes is 1. The lowest BCUT2D eigenvalue weighted by Gasteiger charge is -2.10. The number of anilines is 1. The van der Waals surface area contributed by atoms with Crippen molar-refractivity contribution in [2.45, 2.75) is 6.92 Å². The van der Waals surface area contributed by atoms with E-state index < -0.39 is 0 Å². The number of rotatable bonds is 5. The largest absolute Gasteiger partial charge is 0.497 e. The molecule has 2 aromatic heterocycles. The van der Waals surface area contributed by atoms with E-state index in [4.69, 9.17) is 9.47 Å². The van der Waals surface area contributed by atoms with E-state index in [2.05, 4.69) is 15.3 Å². The molecule has 150 valence electrons. The van der Waals surface area contributed by atoms with Crippen molar-refractivity contribution in [3.05, 3.63) is 72.3 Å². The number of aryl methyl sites for hydroxylation is 1. The quantitative estimate of drug-likeness (QED) is 0.496. The van der Waals surface area contributed by atoms with Gasteiger partial charge in [-0.15, -0.1) is 0 Å². The summed E-state index contributed by atoms with van der Waals surface area (Å²) in [6.07, 6.45) is 3.57. The van der Waals surface area contributed by atoms with E-state index in [-0.39, 0.29) is 17.6 Å². The Morgan fingerprint density at radius 2 is 1.93 bits per heavy atom. The first-order valence-corrected chi connectivity index (χ1v) is 9.09. The minimum atomic E-state index is -0.294. The first-order valence-electron chi connectivity index (χ1n) is 9.09. The molecule has 1 N–H and O–H groups in total. The number of nitrogens with zero attached hydrogens (tertiary/aromatic N) is 3. The Morgan fingerprint density at radius 3 is 2.73 bits per heavy atom. The lowest BCUT2D eigenvalue weighted by Crippen LogP contribution is -2.18. The molecule has 0 spiro atoms. The summed E-state index contributed by atoms with van der Waals surface area (Å²) in [4.78, 5) is 31.4. The van der Waals surface area contributed by atoms with Crippen molar-refractivity contribution < 1.29 is 19.1 Å². The van der Waals surface area contributed by atoms with Gasteiger partial charge in [-0.25, -0.2) is 14.8 Å². The molecule has 0 aliphatic carbocycles. The SMILES string of the molecule is COc1cc(C)cc(NC(=O)n2ccc3cc(Oc4cc(C=O)ncn4)ccc32)c1. The Balaban J connectivity index is 1.56. The molecule has 4 rings (SSSR count). The van der Waals surface area contributed by atoms with Crippen LogP contribution in [0.2, 0.25) is 0 Å². The normalized spacial score (nSPS) is 10.6. The summed E-state index contributed by atoms with van der Waals surface area (Å²) in [5.74, 6) is 1.46. The minimum absolute atomic E-state index is 0.233. The highest BCUT2D eigenvalue weighted by molar-refractivity contribution is 5.99. The van der Waals surface area contributed by atoms with Gasteiger partial charge in [0, 0.05) is 29.4 Å². The predicted molar refractivity (Wildman–Crippen MR) is 112 cm³/mol. The summed E-state index contributed by atoms with van der Waals surface area (Å²) in [6.45, 7) is 1.93. The monoisotopic (exact) mass is 402 g/mol. The third-order valence-corrected chi connectivity index (χ3v) is 4.42. The van der Waals surface area contributed by atoms with Crippen LogP contribution in [0.5, 0.6) is 17.4 Å². The lowest BCUT2D eigenvalue weighted by atomic mass is 10.2. The Hall–Kier alpha value is -4.20. The molecule has 0 aliphatic rings. The molecule has 8 nitrogen and oxygen atoms in total. The van der Waals surface area contributed by atoms with Gasteiger partial charge in [-0.3, -0.25) is 9.36 Å². The highest BCUT2D eigenvalue weighted by atomic mass is 16.5. The molecule has 2 aromatic carbocycles. The summed E-state index contributed by atoms with van der Waals surface area (Å²) < 4.78 is 12.5. The van der Waals surface area contributed by atoms with Crippen LogP contribution in [0.25, 0.3) is 10.9 Å². The number of carbonyl (C=O) groups is 2. The highest BCUT2D eigenvalue weighted by Crippen LogP contribution is 2.26. The molecule has 2 heterocycles. The topological polar surface area (TPSA) is 95.3 Å². The van der Waals surface area contributed by atoms with E-state index in [1.165, 1.54) is 17.0 Å². The summed E-state index contributed by atoms with van der Waals surface area (Å²) in [5.41, 5.74) is 2.58. The Morgan fingerprint density at radius 1 is 1.07 bits per heavy atom. The predicted octanol–water partition coefficient (Wildman–Crippen LogP) is 4.43. The molecular formula is C22H18N4O4. The fourth-order valence-electron chi connectivity index (χ4n) is 3.08. The maximum atomic E-state index is 12.8. The molecular weight excluding hydrogens is 384 g/mol. The molecule has 8 heteroatoms. The standard InChI is InChI=1S/C22H18N4O4/c1-14-7-16(10-19(8-14)29-2)25-22(28)26-6-5-15-9-18(3-4-20(15)26)30-21-11-17(12-27)23-13-24-21/h3-13H,1-2H3,(H,25,28). The van der Waals surface area contributed by atoms with Crippen LogP contribution >= 0.6 is 0 Å². The number of nitrogens with one attached hydrogen (secondary N) is 1. The van der Waals surface area contributed by atoms with Crippen molar-refractivity contribution >= 4 is 28.9 Å². The molecule has 30 heavy (non-hydrogen) atoms. The van der Waals surface area contributed by atoms with E-state index in [1.54, 1.807) is 37.6 Å². The fourth-order valence-corrected chi connectivity index (χ4v) is 3.08. The van der Waals surface area contributed by atoms with Crippen molar-refractivity contribution in [2.75, 3.05) is 12.4 Å². The molecule has 0 radical (unpaired) electrons. The first-order chi connectivity index (χ1) is 14.6. The summed E-state index contributed by atoms with van der Waals surface area (Å²) in [6, 6.07) is 13.8. The second-order valence-electron chi connectivity index (χ2n) is 6.58. The van der Waals surface area contributed by atoms with Gasteiger partial charge in [-0.05, 0) is 48.9 Å². The van der Waals surface area contributed by atoms with E-state index in [1.807, 2.05) is 25.1 Å².